The van der Waals surface area contributed by atoms with Crippen molar-refractivity contribution in [3.63, 3.8) is 0 Å². The van der Waals surface area contributed by atoms with E-state index in [9.17, 15) is 0 Å². The molecule has 2 N–H and O–H groups in total. The first kappa shape index (κ1) is 16.0. The number of hydrogen-bond acceptors (Lipinski definition) is 4. The van der Waals surface area contributed by atoms with Crippen LogP contribution in [0.2, 0.25) is 0 Å². The minimum absolute atomic E-state index is 0.0825. The second kappa shape index (κ2) is 6.91. The average molecular weight is 268 g/mol. The molecule has 0 bridgehead atoms. The summed E-state index contributed by atoms with van der Waals surface area (Å²) < 4.78 is 7.32. The Bertz CT molecular complexity index is 387. The maximum atomic E-state index is 5.81. The molecule has 0 atom stereocenters. The predicted molar refractivity (Wildman–Crippen MR) is 79.6 cm³/mol. The molecule has 1 aromatic heterocycles. The summed E-state index contributed by atoms with van der Waals surface area (Å²) in [4.78, 5) is 6.87. The average Bonchev–Trinajstić information content (AvgIpc) is 2.79. The molecule has 0 unspecified atom stereocenters. The van der Waals surface area contributed by atoms with Crippen molar-refractivity contribution >= 4 is 5.95 Å². The number of anilines is 1. The first-order valence-corrected chi connectivity index (χ1v) is 6.89. The number of imidazole rings is 1. The van der Waals surface area contributed by atoms with Crippen LogP contribution in [-0.2, 0) is 17.7 Å². The molecule has 5 nitrogen and oxygen atoms in total. The van der Waals surface area contributed by atoms with Crippen LogP contribution in [0.25, 0.3) is 0 Å². The van der Waals surface area contributed by atoms with E-state index in [4.69, 9.17) is 15.5 Å². The van der Waals surface area contributed by atoms with Crippen molar-refractivity contribution in [3.05, 3.63) is 11.9 Å². The Labute approximate surface area is 116 Å². The maximum absolute atomic E-state index is 5.81. The Morgan fingerprint density at radius 2 is 2.16 bits per heavy atom. The molecule has 0 amide bonds. The summed E-state index contributed by atoms with van der Waals surface area (Å²) in [7, 11) is 3.79. The molecular formula is C14H28N4O. The van der Waals surface area contributed by atoms with Crippen molar-refractivity contribution in [2.45, 2.75) is 33.7 Å². The maximum Gasteiger partial charge on any atom is 0.205 e. The molecule has 0 aliphatic rings. The van der Waals surface area contributed by atoms with Crippen LogP contribution in [0.1, 0.15) is 26.5 Å². The minimum atomic E-state index is 0.0825. The van der Waals surface area contributed by atoms with Gasteiger partial charge in [-0.15, -0.1) is 0 Å². The lowest BCUT2D eigenvalue weighted by Gasteiger charge is -2.30. The molecule has 1 aromatic rings. The highest BCUT2D eigenvalue weighted by atomic mass is 16.5. The number of aromatic nitrogens is 2. The summed E-state index contributed by atoms with van der Waals surface area (Å²) in [5.41, 5.74) is 7.01. The fourth-order valence-electron chi connectivity index (χ4n) is 2.07. The van der Waals surface area contributed by atoms with E-state index in [1.165, 1.54) is 0 Å². The third-order valence-corrected chi connectivity index (χ3v) is 3.26. The zero-order valence-electron chi connectivity index (χ0n) is 12.9. The number of hydrogen-bond donors (Lipinski definition) is 1. The second-order valence-corrected chi connectivity index (χ2v) is 5.80. The van der Waals surface area contributed by atoms with E-state index in [0.717, 1.165) is 31.2 Å². The standard InChI is InChI=1S/C14H28N4O/c1-6-12-9-18(7-8-19-5)13(16-12)17(4)11-14(2,3)10-15/h9H,6-8,10-11,15H2,1-5H3. The van der Waals surface area contributed by atoms with Gasteiger partial charge in [-0.3, -0.25) is 0 Å². The molecule has 0 fully saturated rings. The van der Waals surface area contributed by atoms with Crippen LogP contribution >= 0.6 is 0 Å². The summed E-state index contributed by atoms with van der Waals surface area (Å²) in [5, 5.41) is 0. The van der Waals surface area contributed by atoms with Gasteiger partial charge in [0.05, 0.1) is 12.3 Å². The molecule has 0 aliphatic heterocycles. The number of nitrogens with two attached hydrogens (primary N) is 1. The van der Waals surface area contributed by atoms with Crippen molar-refractivity contribution in [2.24, 2.45) is 11.1 Å². The fraction of sp³-hybridized carbons (Fsp3) is 0.786. The van der Waals surface area contributed by atoms with Crippen molar-refractivity contribution in [1.29, 1.82) is 0 Å². The lowest BCUT2D eigenvalue weighted by atomic mass is 9.93. The molecule has 1 rings (SSSR count). The highest BCUT2D eigenvalue weighted by molar-refractivity contribution is 5.33. The summed E-state index contributed by atoms with van der Waals surface area (Å²) in [6, 6.07) is 0. The van der Waals surface area contributed by atoms with Gasteiger partial charge in [-0.2, -0.15) is 0 Å². The third kappa shape index (κ3) is 4.51. The molecular weight excluding hydrogens is 240 g/mol. The number of methoxy groups -OCH3 is 1. The summed E-state index contributed by atoms with van der Waals surface area (Å²) in [5.74, 6) is 0.996. The first-order valence-electron chi connectivity index (χ1n) is 6.89. The van der Waals surface area contributed by atoms with Crippen LogP contribution in [0, 0.1) is 5.41 Å². The Morgan fingerprint density at radius 1 is 1.47 bits per heavy atom. The van der Waals surface area contributed by atoms with Gasteiger partial charge in [0.1, 0.15) is 0 Å². The molecule has 0 saturated heterocycles. The van der Waals surface area contributed by atoms with Crippen LogP contribution in [-0.4, -0.2) is 43.4 Å². The zero-order chi connectivity index (χ0) is 14.5. The summed E-state index contributed by atoms with van der Waals surface area (Å²) >= 11 is 0. The van der Waals surface area contributed by atoms with Crippen LogP contribution in [0.15, 0.2) is 6.20 Å². The van der Waals surface area contributed by atoms with Crippen LogP contribution in [0.3, 0.4) is 0 Å². The minimum Gasteiger partial charge on any atom is -0.383 e. The monoisotopic (exact) mass is 268 g/mol. The zero-order valence-corrected chi connectivity index (χ0v) is 12.9. The largest absolute Gasteiger partial charge is 0.383 e. The Balaban J connectivity index is 2.87. The molecule has 0 aromatic carbocycles. The fourth-order valence-corrected chi connectivity index (χ4v) is 2.07. The normalized spacial score (nSPS) is 11.9. The molecule has 0 radical (unpaired) electrons. The Hall–Kier alpha value is -1.07. The van der Waals surface area contributed by atoms with Gasteiger partial charge in [0, 0.05) is 33.4 Å². The topological polar surface area (TPSA) is 56.3 Å². The number of rotatable bonds is 8. The highest BCUT2D eigenvalue weighted by Crippen LogP contribution is 2.20. The van der Waals surface area contributed by atoms with Gasteiger partial charge in [0.2, 0.25) is 5.95 Å². The van der Waals surface area contributed by atoms with Crippen molar-refractivity contribution in [1.82, 2.24) is 9.55 Å². The summed E-state index contributed by atoms with van der Waals surface area (Å²) in [6.07, 6.45) is 3.06. The van der Waals surface area contributed by atoms with Gasteiger partial charge >= 0.3 is 0 Å². The lowest BCUT2D eigenvalue weighted by molar-refractivity contribution is 0.187. The van der Waals surface area contributed by atoms with Crippen LogP contribution in [0.5, 0.6) is 0 Å². The van der Waals surface area contributed by atoms with E-state index < -0.39 is 0 Å². The van der Waals surface area contributed by atoms with E-state index in [1.54, 1.807) is 7.11 Å². The number of nitrogens with zero attached hydrogens (tertiary/aromatic N) is 3. The van der Waals surface area contributed by atoms with Gasteiger partial charge < -0.3 is 19.9 Å². The molecule has 1 heterocycles. The lowest BCUT2D eigenvalue weighted by Crippen LogP contribution is -2.38. The Kier molecular flexibility index (Phi) is 5.82. The van der Waals surface area contributed by atoms with Crippen molar-refractivity contribution < 1.29 is 4.74 Å². The molecule has 110 valence electrons. The smallest absolute Gasteiger partial charge is 0.205 e. The van der Waals surface area contributed by atoms with Gasteiger partial charge in [0.25, 0.3) is 0 Å². The summed E-state index contributed by atoms with van der Waals surface area (Å²) in [6.45, 7) is 9.54. The van der Waals surface area contributed by atoms with E-state index in [0.29, 0.717) is 13.2 Å². The number of ether oxygens (including phenoxy) is 1. The van der Waals surface area contributed by atoms with E-state index in [2.05, 4.69) is 43.5 Å². The van der Waals surface area contributed by atoms with Crippen molar-refractivity contribution in [2.75, 3.05) is 38.8 Å². The number of aryl methyl sites for hydroxylation is 1. The molecule has 0 aliphatic carbocycles. The van der Waals surface area contributed by atoms with Gasteiger partial charge in [-0.1, -0.05) is 20.8 Å². The quantitative estimate of drug-likeness (QED) is 0.776. The van der Waals surface area contributed by atoms with Gasteiger partial charge in [0.15, 0.2) is 0 Å². The molecule has 5 heteroatoms. The predicted octanol–water partition coefficient (Wildman–Crippen LogP) is 1.51. The third-order valence-electron chi connectivity index (χ3n) is 3.26. The van der Waals surface area contributed by atoms with Gasteiger partial charge in [-0.05, 0) is 18.4 Å². The van der Waals surface area contributed by atoms with Crippen LogP contribution < -0.4 is 10.6 Å². The van der Waals surface area contributed by atoms with Gasteiger partial charge in [-0.25, -0.2) is 4.98 Å². The molecule has 19 heavy (non-hydrogen) atoms. The molecule has 0 spiro atoms. The van der Waals surface area contributed by atoms with Crippen LogP contribution in [0.4, 0.5) is 5.95 Å². The molecule has 0 saturated carbocycles. The Morgan fingerprint density at radius 3 is 2.68 bits per heavy atom. The van der Waals surface area contributed by atoms with E-state index in [1.807, 2.05) is 0 Å². The first-order chi connectivity index (χ1) is 8.93. The van der Waals surface area contributed by atoms with Crippen molar-refractivity contribution in [3.8, 4) is 0 Å². The van der Waals surface area contributed by atoms with E-state index >= 15 is 0 Å². The second-order valence-electron chi connectivity index (χ2n) is 5.80. The highest BCUT2D eigenvalue weighted by Gasteiger charge is 2.21. The van der Waals surface area contributed by atoms with E-state index in [-0.39, 0.29) is 5.41 Å². The SMILES string of the molecule is CCc1cn(CCOC)c(N(C)CC(C)(C)CN)n1.